The molecule has 1 amide bonds. The van der Waals surface area contributed by atoms with Crippen molar-refractivity contribution in [2.75, 3.05) is 30.4 Å². The fourth-order valence-corrected chi connectivity index (χ4v) is 4.44. The van der Waals surface area contributed by atoms with Crippen LogP contribution in [0.4, 0.5) is 15.8 Å². The molecule has 1 atom stereocenters. The number of fused-ring (bicyclic) bond motifs is 2. The molecular weight excluding hydrogens is 423 g/mol. The number of nitrogens with zero attached hydrogens (tertiary/aromatic N) is 5. The van der Waals surface area contributed by atoms with E-state index in [-0.39, 0.29) is 5.65 Å². The number of aromatic nitrogens is 4. The Labute approximate surface area is 190 Å². The van der Waals surface area contributed by atoms with Crippen LogP contribution in [0, 0.1) is 18.7 Å². The number of anilines is 2. The first-order chi connectivity index (χ1) is 16.0. The van der Waals surface area contributed by atoms with E-state index in [1.165, 1.54) is 13.2 Å². The lowest BCUT2D eigenvalue weighted by atomic mass is 10.1. The molecule has 5 rings (SSSR count). The lowest BCUT2D eigenvalue weighted by Gasteiger charge is -2.21. The molecule has 1 aromatic carbocycles. The van der Waals surface area contributed by atoms with Crippen LogP contribution in [0.2, 0.25) is 0 Å². The summed E-state index contributed by atoms with van der Waals surface area (Å²) in [6.45, 7) is 5.88. The largest absolute Gasteiger partial charge is 0.480 e. The Kier molecular flexibility index (Phi) is 5.32. The summed E-state index contributed by atoms with van der Waals surface area (Å²) >= 11 is 0. The van der Waals surface area contributed by atoms with Gasteiger partial charge in [-0.15, -0.1) is 0 Å². The number of halogens is 1. The zero-order valence-electron chi connectivity index (χ0n) is 18.8. The Morgan fingerprint density at radius 2 is 2.12 bits per heavy atom. The summed E-state index contributed by atoms with van der Waals surface area (Å²) < 4.78 is 21.3. The van der Waals surface area contributed by atoms with Gasteiger partial charge in [-0.1, -0.05) is 13.3 Å². The SMILES string of the molecule is CC[C@@H]1CCN(c2ccc(C(=O)Nc3cc(F)c4nc(C)cn4c3)c3nc(OC)cnc23)C1. The number of amides is 1. The molecule has 4 heterocycles. The van der Waals surface area contributed by atoms with Crippen LogP contribution in [0.15, 0.2) is 36.8 Å². The minimum Gasteiger partial charge on any atom is -0.480 e. The first-order valence-electron chi connectivity index (χ1n) is 11.0. The molecule has 9 heteroatoms. The van der Waals surface area contributed by atoms with Gasteiger partial charge in [0.25, 0.3) is 5.91 Å². The number of benzene rings is 1. The normalized spacial score (nSPS) is 16.0. The molecule has 0 aliphatic carbocycles. The van der Waals surface area contributed by atoms with Gasteiger partial charge in [-0.25, -0.2) is 19.3 Å². The maximum Gasteiger partial charge on any atom is 0.257 e. The number of carbonyl (C=O) groups is 1. The Morgan fingerprint density at radius 3 is 2.88 bits per heavy atom. The molecule has 8 nitrogen and oxygen atoms in total. The van der Waals surface area contributed by atoms with Crippen LogP contribution in [0.1, 0.15) is 35.8 Å². The highest BCUT2D eigenvalue weighted by atomic mass is 19.1. The molecule has 1 saturated heterocycles. The van der Waals surface area contributed by atoms with E-state index in [2.05, 4.69) is 32.1 Å². The first kappa shape index (κ1) is 21.1. The Morgan fingerprint density at radius 1 is 1.27 bits per heavy atom. The number of pyridine rings is 1. The lowest BCUT2D eigenvalue weighted by molar-refractivity contribution is 0.102. The molecule has 4 aromatic rings. The maximum absolute atomic E-state index is 14.5. The van der Waals surface area contributed by atoms with Gasteiger partial charge < -0.3 is 19.4 Å². The van der Waals surface area contributed by atoms with Gasteiger partial charge >= 0.3 is 0 Å². The van der Waals surface area contributed by atoms with Crippen molar-refractivity contribution in [3.8, 4) is 5.88 Å². The molecule has 0 bridgehead atoms. The van der Waals surface area contributed by atoms with Crippen molar-refractivity contribution in [3.63, 3.8) is 0 Å². The molecule has 0 saturated carbocycles. The van der Waals surface area contributed by atoms with Crippen molar-refractivity contribution >= 4 is 34.0 Å². The van der Waals surface area contributed by atoms with Crippen molar-refractivity contribution in [2.45, 2.75) is 26.7 Å². The van der Waals surface area contributed by atoms with E-state index in [1.807, 2.05) is 6.07 Å². The Hall–Kier alpha value is -3.75. The van der Waals surface area contributed by atoms with Gasteiger partial charge in [0.1, 0.15) is 11.0 Å². The van der Waals surface area contributed by atoms with Gasteiger partial charge in [-0.2, -0.15) is 0 Å². The zero-order valence-corrected chi connectivity index (χ0v) is 18.8. The second-order valence-electron chi connectivity index (χ2n) is 8.39. The smallest absolute Gasteiger partial charge is 0.257 e. The minimum absolute atomic E-state index is 0.215. The number of methoxy groups -OCH3 is 1. The van der Waals surface area contributed by atoms with Crippen LogP contribution >= 0.6 is 0 Å². The molecule has 1 fully saturated rings. The van der Waals surface area contributed by atoms with Crippen molar-refractivity contribution < 1.29 is 13.9 Å². The molecule has 0 spiro atoms. The first-order valence-corrected chi connectivity index (χ1v) is 11.0. The fraction of sp³-hybridized carbons (Fsp3) is 0.333. The highest BCUT2D eigenvalue weighted by Crippen LogP contribution is 2.33. The van der Waals surface area contributed by atoms with Gasteiger partial charge in [0.2, 0.25) is 5.88 Å². The van der Waals surface area contributed by atoms with E-state index in [9.17, 15) is 9.18 Å². The van der Waals surface area contributed by atoms with Crippen molar-refractivity contribution in [2.24, 2.45) is 5.92 Å². The fourth-order valence-electron chi connectivity index (χ4n) is 4.44. The second kappa shape index (κ2) is 8.31. The number of nitrogens with one attached hydrogen (secondary N) is 1. The van der Waals surface area contributed by atoms with Crippen LogP contribution in [0.3, 0.4) is 0 Å². The van der Waals surface area contributed by atoms with Crippen LogP contribution in [0.25, 0.3) is 16.7 Å². The van der Waals surface area contributed by atoms with Gasteiger partial charge in [-0.05, 0) is 31.4 Å². The summed E-state index contributed by atoms with van der Waals surface area (Å²) in [6.07, 6.45) is 7.16. The van der Waals surface area contributed by atoms with Gasteiger partial charge in [-0.3, -0.25) is 4.79 Å². The maximum atomic E-state index is 14.5. The molecule has 3 aromatic heterocycles. The van der Waals surface area contributed by atoms with Crippen molar-refractivity contribution in [1.82, 2.24) is 19.4 Å². The molecular formula is C24H25FN6O2. The topological polar surface area (TPSA) is 84.7 Å². The van der Waals surface area contributed by atoms with E-state index in [0.717, 1.165) is 31.6 Å². The van der Waals surface area contributed by atoms with Gasteiger partial charge in [0.15, 0.2) is 11.5 Å². The summed E-state index contributed by atoms with van der Waals surface area (Å²) in [5.74, 6) is 0.0494. The number of hydrogen-bond donors (Lipinski definition) is 1. The molecule has 1 aliphatic rings. The monoisotopic (exact) mass is 448 g/mol. The molecule has 1 N–H and O–H groups in total. The summed E-state index contributed by atoms with van der Waals surface area (Å²) in [7, 11) is 1.51. The zero-order chi connectivity index (χ0) is 23.1. The van der Waals surface area contributed by atoms with E-state index in [1.54, 1.807) is 36.0 Å². The summed E-state index contributed by atoms with van der Waals surface area (Å²) in [4.78, 5) is 28.8. The van der Waals surface area contributed by atoms with Gasteiger partial charge in [0.05, 0.1) is 35.9 Å². The molecule has 33 heavy (non-hydrogen) atoms. The number of imidazole rings is 1. The third kappa shape index (κ3) is 3.83. The number of aryl methyl sites for hydroxylation is 1. The predicted octanol–water partition coefficient (Wildman–Crippen LogP) is 4.22. The number of carbonyl (C=O) groups excluding carboxylic acids is 1. The quantitative estimate of drug-likeness (QED) is 0.492. The Bertz CT molecular complexity index is 1370. The second-order valence-corrected chi connectivity index (χ2v) is 8.39. The lowest BCUT2D eigenvalue weighted by Crippen LogP contribution is -2.21. The van der Waals surface area contributed by atoms with Gasteiger partial charge in [0, 0.05) is 31.5 Å². The van der Waals surface area contributed by atoms with Crippen LogP contribution < -0.4 is 15.0 Å². The van der Waals surface area contributed by atoms with E-state index in [0.29, 0.717) is 39.8 Å². The third-order valence-corrected chi connectivity index (χ3v) is 6.20. The highest BCUT2D eigenvalue weighted by molar-refractivity contribution is 6.13. The Balaban J connectivity index is 1.53. The summed E-state index contributed by atoms with van der Waals surface area (Å²) in [6, 6.07) is 4.92. The standard InChI is InChI=1S/C24H25FN6O2/c1-4-15-7-8-30(12-15)19-6-5-17(21-22(19)26-10-20(29-21)33-3)24(32)28-16-9-18(25)23-27-14(2)11-31(23)13-16/h5-6,9-11,13,15H,4,7-8,12H2,1-3H3,(H,28,32)/t15-/m1/s1. The number of rotatable bonds is 5. The molecule has 170 valence electrons. The summed E-state index contributed by atoms with van der Waals surface area (Å²) in [5, 5.41) is 2.79. The van der Waals surface area contributed by atoms with Crippen molar-refractivity contribution in [1.29, 1.82) is 0 Å². The van der Waals surface area contributed by atoms with E-state index < -0.39 is 11.7 Å². The average molecular weight is 449 g/mol. The van der Waals surface area contributed by atoms with Crippen LogP contribution in [-0.2, 0) is 0 Å². The average Bonchev–Trinajstić information content (AvgIpc) is 3.44. The van der Waals surface area contributed by atoms with Crippen LogP contribution in [-0.4, -0.2) is 45.5 Å². The summed E-state index contributed by atoms with van der Waals surface area (Å²) in [5.41, 5.74) is 3.61. The highest BCUT2D eigenvalue weighted by Gasteiger charge is 2.25. The predicted molar refractivity (Wildman–Crippen MR) is 125 cm³/mol. The molecule has 1 aliphatic heterocycles. The van der Waals surface area contributed by atoms with Crippen molar-refractivity contribution in [3.05, 3.63) is 53.9 Å². The molecule has 0 unspecified atom stereocenters. The number of ether oxygens (including phenoxy) is 1. The number of hydrogen-bond acceptors (Lipinski definition) is 6. The van der Waals surface area contributed by atoms with E-state index in [4.69, 9.17) is 4.74 Å². The van der Waals surface area contributed by atoms with E-state index >= 15 is 0 Å². The van der Waals surface area contributed by atoms with Crippen LogP contribution in [0.5, 0.6) is 5.88 Å². The third-order valence-electron chi connectivity index (χ3n) is 6.20. The molecule has 0 radical (unpaired) electrons. The minimum atomic E-state index is -0.512.